The largest absolute Gasteiger partial charge is 0.492 e. The summed E-state index contributed by atoms with van der Waals surface area (Å²) in [5.41, 5.74) is 0. The smallest absolute Gasteiger partial charge is 0.241 e. The molecule has 0 spiro atoms. The van der Waals surface area contributed by atoms with Crippen molar-refractivity contribution in [3.05, 3.63) is 22.4 Å². The van der Waals surface area contributed by atoms with Gasteiger partial charge < -0.3 is 10.1 Å². The lowest BCUT2D eigenvalue weighted by Crippen LogP contribution is -2.18. The van der Waals surface area contributed by atoms with E-state index in [4.69, 9.17) is 9.88 Å². The third kappa shape index (κ3) is 4.73. The van der Waals surface area contributed by atoms with E-state index in [1.807, 2.05) is 0 Å². The Morgan fingerprint density at radius 1 is 1.50 bits per heavy atom. The summed E-state index contributed by atoms with van der Waals surface area (Å²) in [6.07, 6.45) is 0.733. The summed E-state index contributed by atoms with van der Waals surface area (Å²) in [6.45, 7) is 0.195. The molecule has 112 valence electrons. The molecule has 0 radical (unpaired) electrons. The fourth-order valence-electron chi connectivity index (χ4n) is 1.38. The number of sulfonamides is 1. The molecular weight excluding hydrogens is 355 g/mol. The van der Waals surface area contributed by atoms with Gasteiger partial charge in [0, 0.05) is 19.5 Å². The maximum absolute atomic E-state index is 13.6. The third-order valence-corrected chi connectivity index (χ3v) is 3.92. The van der Waals surface area contributed by atoms with Crippen LogP contribution in [0.15, 0.2) is 21.5 Å². The maximum atomic E-state index is 13.6. The first-order chi connectivity index (χ1) is 9.25. The monoisotopic (exact) mass is 368 g/mol. The summed E-state index contributed by atoms with van der Waals surface area (Å²) in [4.78, 5) is 10.4. The molecule has 1 amide bonds. The van der Waals surface area contributed by atoms with Crippen LogP contribution in [-0.4, -0.2) is 28.0 Å². The Bertz CT molecular complexity index is 607. The normalized spacial score (nSPS) is 11.2. The Morgan fingerprint density at radius 3 is 2.70 bits per heavy atom. The van der Waals surface area contributed by atoms with Crippen molar-refractivity contribution in [3.63, 3.8) is 0 Å². The van der Waals surface area contributed by atoms with Gasteiger partial charge in [0.05, 0.1) is 11.1 Å². The van der Waals surface area contributed by atoms with Crippen molar-refractivity contribution < 1.29 is 22.3 Å². The second-order valence-electron chi connectivity index (χ2n) is 3.88. The Hall–Kier alpha value is -1.19. The van der Waals surface area contributed by atoms with Crippen molar-refractivity contribution in [2.24, 2.45) is 5.14 Å². The predicted octanol–water partition coefficient (Wildman–Crippen LogP) is 1.14. The van der Waals surface area contributed by atoms with E-state index in [1.54, 1.807) is 0 Å². The van der Waals surface area contributed by atoms with Gasteiger partial charge in [-0.3, -0.25) is 4.79 Å². The number of carbonyl (C=O) groups excluding carboxylic acids is 1. The predicted molar refractivity (Wildman–Crippen MR) is 74.3 cm³/mol. The summed E-state index contributed by atoms with van der Waals surface area (Å²) in [5.74, 6) is -0.966. The van der Waals surface area contributed by atoms with Crippen LogP contribution in [-0.2, 0) is 14.8 Å². The van der Waals surface area contributed by atoms with E-state index in [1.165, 1.54) is 7.05 Å². The number of primary sulfonamides is 1. The zero-order valence-electron chi connectivity index (χ0n) is 10.7. The van der Waals surface area contributed by atoms with Gasteiger partial charge in [-0.15, -0.1) is 0 Å². The van der Waals surface area contributed by atoms with Crippen molar-refractivity contribution in [2.75, 3.05) is 13.7 Å². The second-order valence-corrected chi connectivity index (χ2v) is 6.27. The van der Waals surface area contributed by atoms with E-state index in [0.717, 1.165) is 12.1 Å². The minimum atomic E-state index is -4.13. The highest BCUT2D eigenvalue weighted by Crippen LogP contribution is 2.30. The Kier molecular flexibility index (Phi) is 5.90. The number of hydrogen-bond acceptors (Lipinski definition) is 4. The van der Waals surface area contributed by atoms with Crippen LogP contribution in [0, 0.1) is 5.82 Å². The molecule has 0 fully saturated rings. The van der Waals surface area contributed by atoms with E-state index in [2.05, 4.69) is 21.2 Å². The van der Waals surface area contributed by atoms with E-state index in [9.17, 15) is 17.6 Å². The molecule has 0 aliphatic carbocycles. The van der Waals surface area contributed by atoms with Crippen LogP contribution >= 0.6 is 15.9 Å². The van der Waals surface area contributed by atoms with Gasteiger partial charge in [-0.2, -0.15) is 0 Å². The number of benzene rings is 1. The van der Waals surface area contributed by atoms with Gasteiger partial charge in [-0.1, -0.05) is 0 Å². The van der Waals surface area contributed by atoms with E-state index >= 15 is 0 Å². The number of amides is 1. The Morgan fingerprint density at radius 2 is 2.15 bits per heavy atom. The maximum Gasteiger partial charge on any atom is 0.241 e. The molecule has 0 saturated heterocycles. The molecule has 0 saturated carbocycles. The molecule has 3 N–H and O–H groups in total. The third-order valence-electron chi connectivity index (χ3n) is 2.38. The Balaban J connectivity index is 2.74. The quantitative estimate of drug-likeness (QED) is 0.735. The molecule has 0 unspecified atom stereocenters. The van der Waals surface area contributed by atoms with Gasteiger partial charge in [-0.05, 0) is 28.4 Å². The molecule has 0 aliphatic rings. The molecule has 0 atom stereocenters. The van der Waals surface area contributed by atoms with Gasteiger partial charge in [0.15, 0.2) is 0 Å². The highest BCUT2D eigenvalue weighted by atomic mass is 79.9. The molecular formula is C11H14BrFN2O4S. The zero-order chi connectivity index (χ0) is 15.3. The number of halogens is 2. The molecule has 20 heavy (non-hydrogen) atoms. The number of carbonyl (C=O) groups is 1. The lowest BCUT2D eigenvalue weighted by atomic mass is 10.3. The fourth-order valence-corrected chi connectivity index (χ4v) is 2.60. The fraction of sp³-hybridized carbons (Fsp3) is 0.364. The highest BCUT2D eigenvalue weighted by molar-refractivity contribution is 9.10. The topological polar surface area (TPSA) is 98.5 Å². The summed E-state index contributed by atoms with van der Waals surface area (Å²) >= 11 is 3.08. The molecule has 1 rings (SSSR count). The van der Waals surface area contributed by atoms with Crippen LogP contribution in [0.3, 0.4) is 0 Å². The molecule has 1 aromatic carbocycles. The standard InChI is InChI=1S/C11H14BrFN2O4S/c1-15-11(16)3-2-4-19-9-6-8(13)10(5-7(9)12)20(14,17)18/h5-6H,2-4H2,1H3,(H,15,16)(H2,14,17,18). The molecule has 0 aliphatic heterocycles. The SMILES string of the molecule is CNC(=O)CCCOc1cc(F)c(S(N)(=O)=O)cc1Br. The number of nitrogens with two attached hydrogens (primary N) is 1. The van der Waals surface area contributed by atoms with Gasteiger partial charge in [0.25, 0.3) is 0 Å². The van der Waals surface area contributed by atoms with Crippen molar-refractivity contribution in [1.82, 2.24) is 5.32 Å². The molecule has 1 aromatic rings. The van der Waals surface area contributed by atoms with Crippen molar-refractivity contribution in [3.8, 4) is 5.75 Å². The Labute approximate surface area is 124 Å². The molecule has 0 heterocycles. The summed E-state index contributed by atoms with van der Waals surface area (Å²) in [6, 6.07) is 1.97. The van der Waals surface area contributed by atoms with Crippen LogP contribution in [0.1, 0.15) is 12.8 Å². The van der Waals surface area contributed by atoms with E-state index in [0.29, 0.717) is 6.42 Å². The average Bonchev–Trinajstić information content (AvgIpc) is 2.36. The van der Waals surface area contributed by atoms with Gasteiger partial charge >= 0.3 is 0 Å². The summed E-state index contributed by atoms with van der Waals surface area (Å²) in [7, 11) is -2.60. The first kappa shape index (κ1) is 16.9. The molecule has 6 nitrogen and oxygen atoms in total. The van der Waals surface area contributed by atoms with Crippen LogP contribution in [0.5, 0.6) is 5.75 Å². The number of rotatable bonds is 6. The molecule has 0 aromatic heterocycles. The van der Waals surface area contributed by atoms with Gasteiger partial charge in [0.1, 0.15) is 16.5 Å². The molecule has 0 bridgehead atoms. The van der Waals surface area contributed by atoms with Gasteiger partial charge in [-0.25, -0.2) is 17.9 Å². The average molecular weight is 369 g/mol. The zero-order valence-corrected chi connectivity index (χ0v) is 13.1. The lowest BCUT2D eigenvalue weighted by molar-refractivity contribution is -0.120. The van der Waals surface area contributed by atoms with Crippen LogP contribution in [0.2, 0.25) is 0 Å². The van der Waals surface area contributed by atoms with Crippen molar-refractivity contribution >= 4 is 31.9 Å². The number of hydrogen-bond donors (Lipinski definition) is 2. The van der Waals surface area contributed by atoms with Crippen molar-refractivity contribution in [1.29, 1.82) is 0 Å². The van der Waals surface area contributed by atoms with Crippen LogP contribution < -0.4 is 15.2 Å². The number of nitrogens with one attached hydrogen (secondary N) is 1. The van der Waals surface area contributed by atoms with Crippen LogP contribution in [0.4, 0.5) is 4.39 Å². The van der Waals surface area contributed by atoms with Crippen molar-refractivity contribution in [2.45, 2.75) is 17.7 Å². The summed E-state index contributed by atoms with van der Waals surface area (Å²) in [5, 5.41) is 7.34. The minimum absolute atomic E-state index is 0.122. The first-order valence-corrected chi connectivity index (χ1v) is 7.95. The molecule has 9 heteroatoms. The second kappa shape index (κ2) is 7.00. The van der Waals surface area contributed by atoms with E-state index < -0.39 is 20.7 Å². The lowest BCUT2D eigenvalue weighted by Gasteiger charge is -2.10. The minimum Gasteiger partial charge on any atom is -0.492 e. The van der Waals surface area contributed by atoms with E-state index in [-0.39, 0.29) is 29.2 Å². The first-order valence-electron chi connectivity index (χ1n) is 5.61. The highest BCUT2D eigenvalue weighted by Gasteiger charge is 2.17. The van der Waals surface area contributed by atoms with Crippen LogP contribution in [0.25, 0.3) is 0 Å². The van der Waals surface area contributed by atoms with Gasteiger partial charge in [0.2, 0.25) is 15.9 Å². The summed E-state index contributed by atoms with van der Waals surface area (Å²) < 4.78 is 41.4. The number of ether oxygens (including phenoxy) is 1.